The van der Waals surface area contributed by atoms with E-state index in [0.29, 0.717) is 0 Å². The monoisotopic (exact) mass is 172 g/mol. The van der Waals surface area contributed by atoms with Crippen molar-refractivity contribution in [2.75, 3.05) is 0 Å². The highest BCUT2D eigenvalue weighted by atomic mass is 16.3. The molecule has 0 bridgehead atoms. The SMILES string of the molecule is C=Cc1ccc(-c2cnco2)cn1. The molecule has 0 aliphatic rings. The first kappa shape index (κ1) is 7.73. The molecule has 0 radical (unpaired) electrons. The predicted octanol–water partition coefficient (Wildman–Crippen LogP) is 2.38. The van der Waals surface area contributed by atoms with Crippen LogP contribution < -0.4 is 0 Å². The van der Waals surface area contributed by atoms with Crippen molar-refractivity contribution < 1.29 is 4.42 Å². The maximum atomic E-state index is 5.12. The Balaban J connectivity index is 2.38. The summed E-state index contributed by atoms with van der Waals surface area (Å²) < 4.78 is 5.12. The van der Waals surface area contributed by atoms with Crippen molar-refractivity contribution in [3.05, 3.63) is 43.2 Å². The van der Waals surface area contributed by atoms with E-state index in [1.54, 1.807) is 18.5 Å². The zero-order valence-electron chi connectivity index (χ0n) is 6.97. The van der Waals surface area contributed by atoms with E-state index >= 15 is 0 Å². The van der Waals surface area contributed by atoms with Crippen molar-refractivity contribution in [2.45, 2.75) is 0 Å². The predicted molar refractivity (Wildman–Crippen MR) is 49.8 cm³/mol. The van der Waals surface area contributed by atoms with Gasteiger partial charge in [-0.1, -0.05) is 6.58 Å². The summed E-state index contributed by atoms with van der Waals surface area (Å²) in [5, 5.41) is 0. The van der Waals surface area contributed by atoms with Gasteiger partial charge in [-0.05, 0) is 18.2 Å². The first-order valence-electron chi connectivity index (χ1n) is 3.87. The second kappa shape index (κ2) is 3.23. The number of hydrogen-bond acceptors (Lipinski definition) is 3. The lowest BCUT2D eigenvalue weighted by Gasteiger charge is -1.95. The van der Waals surface area contributed by atoms with E-state index in [1.807, 2.05) is 12.1 Å². The van der Waals surface area contributed by atoms with Crippen LogP contribution in [0.5, 0.6) is 0 Å². The third-order valence-corrected chi connectivity index (χ3v) is 1.71. The number of pyridine rings is 1. The Labute approximate surface area is 75.8 Å². The molecule has 0 amide bonds. The fraction of sp³-hybridized carbons (Fsp3) is 0. The van der Waals surface area contributed by atoms with Gasteiger partial charge < -0.3 is 4.42 Å². The molecule has 0 aliphatic carbocycles. The van der Waals surface area contributed by atoms with Crippen molar-refractivity contribution >= 4 is 6.08 Å². The highest BCUT2D eigenvalue weighted by molar-refractivity contribution is 5.56. The van der Waals surface area contributed by atoms with E-state index < -0.39 is 0 Å². The minimum Gasteiger partial charge on any atom is -0.443 e. The van der Waals surface area contributed by atoms with Crippen LogP contribution >= 0.6 is 0 Å². The second-order valence-electron chi connectivity index (χ2n) is 2.54. The molecular formula is C10H8N2O. The van der Waals surface area contributed by atoms with E-state index in [0.717, 1.165) is 17.0 Å². The second-order valence-corrected chi connectivity index (χ2v) is 2.54. The summed E-state index contributed by atoms with van der Waals surface area (Å²) in [5.74, 6) is 0.725. The summed E-state index contributed by atoms with van der Waals surface area (Å²) in [7, 11) is 0. The summed E-state index contributed by atoms with van der Waals surface area (Å²) >= 11 is 0. The maximum absolute atomic E-state index is 5.12. The van der Waals surface area contributed by atoms with Gasteiger partial charge in [-0.15, -0.1) is 0 Å². The van der Waals surface area contributed by atoms with Crippen LogP contribution in [0.2, 0.25) is 0 Å². The summed E-state index contributed by atoms with van der Waals surface area (Å²) in [6.45, 7) is 3.63. The fourth-order valence-electron chi connectivity index (χ4n) is 1.03. The highest BCUT2D eigenvalue weighted by Crippen LogP contribution is 2.17. The zero-order valence-corrected chi connectivity index (χ0v) is 6.97. The molecule has 0 N–H and O–H groups in total. The molecule has 2 heterocycles. The molecule has 2 aromatic heterocycles. The molecule has 0 saturated carbocycles. The van der Waals surface area contributed by atoms with Crippen molar-refractivity contribution in [1.82, 2.24) is 9.97 Å². The fourth-order valence-corrected chi connectivity index (χ4v) is 1.03. The van der Waals surface area contributed by atoms with Crippen LogP contribution in [-0.2, 0) is 0 Å². The third kappa shape index (κ3) is 1.49. The molecule has 64 valence electrons. The zero-order chi connectivity index (χ0) is 9.10. The van der Waals surface area contributed by atoms with Gasteiger partial charge in [-0.2, -0.15) is 0 Å². The quantitative estimate of drug-likeness (QED) is 0.698. The molecule has 0 aliphatic heterocycles. The van der Waals surface area contributed by atoms with Gasteiger partial charge in [0.1, 0.15) is 0 Å². The molecule has 3 nitrogen and oxygen atoms in total. The van der Waals surface area contributed by atoms with Gasteiger partial charge >= 0.3 is 0 Å². The first-order chi connectivity index (χ1) is 6.40. The van der Waals surface area contributed by atoms with Crippen LogP contribution in [-0.4, -0.2) is 9.97 Å². The average molecular weight is 172 g/mol. The van der Waals surface area contributed by atoms with Gasteiger partial charge in [0, 0.05) is 11.8 Å². The van der Waals surface area contributed by atoms with Crippen LogP contribution in [0.4, 0.5) is 0 Å². The van der Waals surface area contributed by atoms with Gasteiger partial charge in [0.15, 0.2) is 12.2 Å². The molecule has 0 atom stereocenters. The van der Waals surface area contributed by atoms with Crippen molar-refractivity contribution in [3.63, 3.8) is 0 Å². The highest BCUT2D eigenvalue weighted by Gasteiger charge is 2.00. The normalized spacial score (nSPS) is 9.85. The van der Waals surface area contributed by atoms with Gasteiger partial charge in [0.25, 0.3) is 0 Å². The van der Waals surface area contributed by atoms with Crippen molar-refractivity contribution in [1.29, 1.82) is 0 Å². The van der Waals surface area contributed by atoms with E-state index in [4.69, 9.17) is 4.42 Å². The average Bonchev–Trinajstić information content (AvgIpc) is 2.71. The lowest BCUT2D eigenvalue weighted by molar-refractivity contribution is 0.571. The Bertz CT molecular complexity index is 389. The van der Waals surface area contributed by atoms with Crippen LogP contribution in [0.15, 0.2) is 41.9 Å². The molecule has 0 saturated heterocycles. The summed E-state index contributed by atoms with van der Waals surface area (Å²) in [4.78, 5) is 7.97. The van der Waals surface area contributed by atoms with E-state index in [9.17, 15) is 0 Å². The number of rotatable bonds is 2. The van der Waals surface area contributed by atoms with E-state index in [-0.39, 0.29) is 0 Å². The molecule has 0 aromatic carbocycles. The lowest BCUT2D eigenvalue weighted by atomic mass is 10.2. The number of hydrogen-bond donors (Lipinski definition) is 0. The van der Waals surface area contributed by atoms with Gasteiger partial charge in [0.05, 0.1) is 11.9 Å². The molecule has 2 rings (SSSR count). The molecule has 3 heteroatoms. The molecule has 13 heavy (non-hydrogen) atoms. The topological polar surface area (TPSA) is 38.9 Å². The summed E-state index contributed by atoms with van der Waals surface area (Å²) in [5.41, 5.74) is 1.77. The molecule has 0 spiro atoms. The van der Waals surface area contributed by atoms with E-state index in [1.165, 1.54) is 6.39 Å². The maximum Gasteiger partial charge on any atom is 0.181 e. The molecule has 0 unspecified atom stereocenters. The van der Waals surface area contributed by atoms with Crippen LogP contribution in [0.25, 0.3) is 17.4 Å². The van der Waals surface area contributed by atoms with E-state index in [2.05, 4.69) is 16.5 Å². The van der Waals surface area contributed by atoms with Crippen molar-refractivity contribution in [2.24, 2.45) is 0 Å². The Morgan fingerprint density at radius 1 is 1.31 bits per heavy atom. The lowest BCUT2D eigenvalue weighted by Crippen LogP contribution is -1.80. The minimum atomic E-state index is 0.725. The van der Waals surface area contributed by atoms with Gasteiger partial charge in [-0.25, -0.2) is 4.98 Å². The van der Waals surface area contributed by atoms with Crippen LogP contribution in [0.3, 0.4) is 0 Å². The molecular weight excluding hydrogens is 164 g/mol. The third-order valence-electron chi connectivity index (χ3n) is 1.71. The number of aromatic nitrogens is 2. The Morgan fingerprint density at radius 2 is 2.23 bits per heavy atom. The Hall–Kier alpha value is -1.90. The Kier molecular flexibility index (Phi) is 1.92. The summed E-state index contributed by atoms with van der Waals surface area (Å²) in [6.07, 6.45) is 6.49. The molecule has 2 aromatic rings. The van der Waals surface area contributed by atoms with Gasteiger partial charge in [-0.3, -0.25) is 4.98 Å². The molecule has 0 fully saturated rings. The first-order valence-corrected chi connectivity index (χ1v) is 3.87. The smallest absolute Gasteiger partial charge is 0.181 e. The summed E-state index contributed by atoms with van der Waals surface area (Å²) in [6, 6.07) is 3.80. The van der Waals surface area contributed by atoms with Gasteiger partial charge in [0.2, 0.25) is 0 Å². The standard InChI is InChI=1S/C10H8N2O/c1-2-9-4-3-8(5-12-9)10-6-11-7-13-10/h2-7H,1H2. The van der Waals surface area contributed by atoms with Crippen LogP contribution in [0, 0.1) is 0 Å². The largest absolute Gasteiger partial charge is 0.443 e. The number of oxazole rings is 1. The van der Waals surface area contributed by atoms with Crippen molar-refractivity contribution in [3.8, 4) is 11.3 Å². The number of nitrogens with zero attached hydrogens (tertiary/aromatic N) is 2. The van der Waals surface area contributed by atoms with Crippen LogP contribution in [0.1, 0.15) is 5.69 Å². The minimum absolute atomic E-state index is 0.725. The Morgan fingerprint density at radius 3 is 2.77 bits per heavy atom.